The van der Waals surface area contributed by atoms with Gasteiger partial charge in [-0.05, 0) is 55.0 Å². The number of fused-ring (bicyclic) bond motifs is 3. The van der Waals surface area contributed by atoms with Gasteiger partial charge in [0.2, 0.25) is 0 Å². The normalized spacial score (nSPS) is 11.2. The molecular weight excluding hydrogens is 441 g/mol. The van der Waals surface area contributed by atoms with E-state index >= 15 is 0 Å². The van der Waals surface area contributed by atoms with Crippen molar-refractivity contribution in [2.45, 2.75) is 13.0 Å². The standard InChI is InChI=1S/C22H20Cl3N5/c23-13-2-7-20-17(10-13)16-5-3-15(29-14-4-6-18(24)19(25)11-14)12-21(16)30(20)9-1-8-28-22(26)27/h2-7,10-12,29H,1,8-9H2,(H4,26,27,28). The van der Waals surface area contributed by atoms with E-state index in [1.165, 1.54) is 0 Å². The number of aryl methyl sites for hydroxylation is 1. The number of aromatic nitrogens is 1. The molecule has 0 radical (unpaired) electrons. The number of nitrogens with one attached hydrogen (secondary N) is 3. The molecule has 30 heavy (non-hydrogen) atoms. The highest BCUT2D eigenvalue weighted by Crippen LogP contribution is 2.34. The molecule has 0 atom stereocenters. The van der Waals surface area contributed by atoms with Crippen LogP contribution in [-0.2, 0) is 6.54 Å². The third kappa shape index (κ3) is 4.29. The Kier molecular flexibility index (Phi) is 5.95. The molecule has 0 amide bonds. The predicted octanol–water partition coefficient (Wildman–Crippen LogP) is 6.37. The van der Waals surface area contributed by atoms with Crippen LogP contribution in [0.3, 0.4) is 0 Å². The van der Waals surface area contributed by atoms with Gasteiger partial charge in [0.1, 0.15) is 0 Å². The minimum absolute atomic E-state index is 0.0166. The van der Waals surface area contributed by atoms with Crippen LogP contribution in [0.4, 0.5) is 11.4 Å². The summed E-state index contributed by atoms with van der Waals surface area (Å²) < 4.78 is 2.27. The smallest absolute Gasteiger partial charge is 0.185 e. The zero-order chi connectivity index (χ0) is 21.3. The lowest BCUT2D eigenvalue weighted by atomic mass is 10.1. The highest BCUT2D eigenvalue weighted by molar-refractivity contribution is 6.42. The molecule has 0 spiro atoms. The number of rotatable bonds is 6. The Balaban J connectivity index is 1.73. The number of benzene rings is 3. The van der Waals surface area contributed by atoms with Crippen LogP contribution in [-0.4, -0.2) is 17.1 Å². The molecular formula is C22H20Cl3N5. The fourth-order valence-electron chi connectivity index (χ4n) is 3.59. The summed E-state index contributed by atoms with van der Waals surface area (Å²) in [6.07, 6.45) is 0.825. The van der Waals surface area contributed by atoms with Crippen LogP contribution in [0.2, 0.25) is 15.1 Å². The van der Waals surface area contributed by atoms with Gasteiger partial charge in [0.05, 0.1) is 15.6 Å². The van der Waals surface area contributed by atoms with Crippen molar-refractivity contribution < 1.29 is 0 Å². The molecule has 154 valence electrons. The molecule has 0 saturated heterocycles. The SMILES string of the molecule is N=C(N)NCCCn1c2ccc(Cl)cc2c2ccc(Nc3ccc(Cl)c(Cl)c3)cc21. The van der Waals surface area contributed by atoms with Crippen LogP contribution in [0, 0.1) is 5.41 Å². The second-order valence-corrected chi connectivity index (χ2v) is 8.24. The fourth-order valence-corrected chi connectivity index (χ4v) is 4.06. The lowest BCUT2D eigenvalue weighted by Gasteiger charge is -2.11. The van der Waals surface area contributed by atoms with Gasteiger partial charge in [-0.3, -0.25) is 5.41 Å². The molecule has 3 aromatic carbocycles. The molecule has 1 aromatic heterocycles. The van der Waals surface area contributed by atoms with E-state index in [0.29, 0.717) is 21.6 Å². The fraction of sp³-hybridized carbons (Fsp3) is 0.136. The maximum Gasteiger partial charge on any atom is 0.185 e. The van der Waals surface area contributed by atoms with Gasteiger partial charge in [0, 0.05) is 45.8 Å². The van der Waals surface area contributed by atoms with E-state index < -0.39 is 0 Å². The first-order chi connectivity index (χ1) is 14.4. The Morgan fingerprint density at radius 3 is 2.40 bits per heavy atom. The van der Waals surface area contributed by atoms with E-state index in [1.807, 2.05) is 30.3 Å². The second kappa shape index (κ2) is 8.64. The first-order valence-corrected chi connectivity index (χ1v) is 10.6. The Morgan fingerprint density at radius 1 is 0.867 bits per heavy atom. The number of halogens is 3. The van der Waals surface area contributed by atoms with Crippen molar-refractivity contribution >= 4 is 73.9 Å². The van der Waals surface area contributed by atoms with Crippen molar-refractivity contribution in [3.8, 4) is 0 Å². The van der Waals surface area contributed by atoms with E-state index in [0.717, 1.165) is 46.1 Å². The van der Waals surface area contributed by atoms with Crippen LogP contribution in [0.5, 0.6) is 0 Å². The van der Waals surface area contributed by atoms with Gasteiger partial charge in [0.15, 0.2) is 5.96 Å². The maximum atomic E-state index is 7.32. The minimum atomic E-state index is -0.0166. The van der Waals surface area contributed by atoms with E-state index in [4.69, 9.17) is 45.9 Å². The summed E-state index contributed by atoms with van der Waals surface area (Å²) in [5.74, 6) is -0.0166. The number of hydrogen-bond donors (Lipinski definition) is 4. The van der Waals surface area contributed by atoms with E-state index in [-0.39, 0.29) is 5.96 Å². The van der Waals surface area contributed by atoms with Crippen molar-refractivity contribution in [3.63, 3.8) is 0 Å². The Morgan fingerprint density at radius 2 is 1.63 bits per heavy atom. The quantitative estimate of drug-likeness (QED) is 0.153. The summed E-state index contributed by atoms with van der Waals surface area (Å²) in [6.45, 7) is 1.41. The molecule has 4 aromatic rings. The lowest BCUT2D eigenvalue weighted by Crippen LogP contribution is -2.31. The third-order valence-corrected chi connectivity index (χ3v) is 5.88. The molecule has 4 rings (SSSR count). The highest BCUT2D eigenvalue weighted by atomic mass is 35.5. The number of nitrogens with zero attached hydrogens (tertiary/aromatic N) is 1. The van der Waals surface area contributed by atoms with Gasteiger partial charge in [-0.1, -0.05) is 40.9 Å². The first kappa shape index (κ1) is 20.7. The maximum absolute atomic E-state index is 7.32. The van der Waals surface area contributed by atoms with Gasteiger partial charge in [-0.2, -0.15) is 0 Å². The average Bonchev–Trinajstić information content (AvgIpc) is 3.00. The van der Waals surface area contributed by atoms with Gasteiger partial charge in [-0.25, -0.2) is 0 Å². The lowest BCUT2D eigenvalue weighted by molar-refractivity contribution is 0.659. The summed E-state index contributed by atoms with van der Waals surface area (Å²) in [7, 11) is 0. The van der Waals surface area contributed by atoms with Gasteiger partial charge in [-0.15, -0.1) is 0 Å². The van der Waals surface area contributed by atoms with Gasteiger partial charge in [0.25, 0.3) is 0 Å². The van der Waals surface area contributed by atoms with E-state index in [1.54, 1.807) is 12.1 Å². The highest BCUT2D eigenvalue weighted by Gasteiger charge is 2.12. The molecule has 0 aliphatic heterocycles. The van der Waals surface area contributed by atoms with Crippen molar-refractivity contribution in [1.82, 2.24) is 9.88 Å². The van der Waals surface area contributed by atoms with E-state index in [2.05, 4.69) is 27.3 Å². The molecule has 5 nitrogen and oxygen atoms in total. The Bertz CT molecular complexity index is 1250. The first-order valence-electron chi connectivity index (χ1n) is 9.44. The van der Waals surface area contributed by atoms with E-state index in [9.17, 15) is 0 Å². The molecule has 0 fully saturated rings. The molecule has 0 aliphatic rings. The topological polar surface area (TPSA) is 78.9 Å². The number of nitrogens with two attached hydrogens (primary N) is 1. The molecule has 0 unspecified atom stereocenters. The zero-order valence-electron chi connectivity index (χ0n) is 16.0. The van der Waals surface area contributed by atoms with Crippen molar-refractivity contribution in [2.75, 3.05) is 11.9 Å². The summed E-state index contributed by atoms with van der Waals surface area (Å²) in [4.78, 5) is 0. The van der Waals surface area contributed by atoms with Crippen LogP contribution in [0.25, 0.3) is 21.8 Å². The molecule has 0 aliphatic carbocycles. The molecule has 5 N–H and O–H groups in total. The average molecular weight is 461 g/mol. The van der Waals surface area contributed by atoms with Gasteiger partial charge >= 0.3 is 0 Å². The van der Waals surface area contributed by atoms with Crippen molar-refractivity contribution in [1.29, 1.82) is 5.41 Å². The predicted molar refractivity (Wildman–Crippen MR) is 129 cm³/mol. The van der Waals surface area contributed by atoms with Crippen molar-refractivity contribution in [2.24, 2.45) is 5.73 Å². The van der Waals surface area contributed by atoms with Crippen LogP contribution >= 0.6 is 34.8 Å². The van der Waals surface area contributed by atoms with Crippen LogP contribution in [0.1, 0.15) is 6.42 Å². The molecule has 0 bridgehead atoms. The summed E-state index contributed by atoms with van der Waals surface area (Å²) in [5.41, 5.74) is 9.40. The van der Waals surface area contributed by atoms with Crippen molar-refractivity contribution in [3.05, 3.63) is 69.7 Å². The Hall–Kier alpha value is -2.60. The van der Waals surface area contributed by atoms with Crippen LogP contribution in [0.15, 0.2) is 54.6 Å². The Labute approximate surface area is 189 Å². The largest absolute Gasteiger partial charge is 0.370 e. The molecule has 0 saturated carbocycles. The zero-order valence-corrected chi connectivity index (χ0v) is 18.2. The van der Waals surface area contributed by atoms with Gasteiger partial charge < -0.3 is 20.9 Å². The van der Waals surface area contributed by atoms with Crippen LogP contribution < -0.4 is 16.4 Å². The molecule has 1 heterocycles. The number of guanidine groups is 1. The summed E-state index contributed by atoms with van der Waals surface area (Å²) in [5, 5.41) is 17.5. The second-order valence-electron chi connectivity index (χ2n) is 6.99. The number of anilines is 2. The monoisotopic (exact) mass is 459 g/mol. The summed E-state index contributed by atoms with van der Waals surface area (Å²) >= 11 is 18.4. The molecule has 8 heteroatoms. The summed E-state index contributed by atoms with van der Waals surface area (Å²) in [6, 6.07) is 17.7. The minimum Gasteiger partial charge on any atom is -0.370 e. The third-order valence-electron chi connectivity index (χ3n) is 4.91. The number of hydrogen-bond acceptors (Lipinski definition) is 2.